The number of hydrogen-bond donors (Lipinski definition) is 4. The molecule has 0 bridgehead atoms. The van der Waals surface area contributed by atoms with Gasteiger partial charge in [0, 0.05) is 6.42 Å². The molecule has 0 aromatic rings. The molecule has 0 aliphatic carbocycles. The lowest BCUT2D eigenvalue weighted by atomic mass is 9.92. The van der Waals surface area contributed by atoms with Gasteiger partial charge in [-0.25, -0.2) is 21.0 Å². The summed E-state index contributed by atoms with van der Waals surface area (Å²) in [5.74, 6) is -5.46. The van der Waals surface area contributed by atoms with E-state index in [9.17, 15) is 45.3 Å². The van der Waals surface area contributed by atoms with Gasteiger partial charge in [0.15, 0.2) is 32.0 Å². The highest BCUT2D eigenvalue weighted by atomic mass is 32.2. The summed E-state index contributed by atoms with van der Waals surface area (Å²) >= 11 is -7.40. The third kappa shape index (κ3) is 17.5. The Labute approximate surface area is 219 Å². The number of ether oxygens (including phenoxy) is 3. The molecule has 16 nitrogen and oxygen atoms in total. The molecule has 0 amide bonds. The van der Waals surface area contributed by atoms with Crippen LogP contribution in [0.3, 0.4) is 0 Å². The van der Waals surface area contributed by atoms with Gasteiger partial charge in [-0.1, -0.05) is 0 Å². The van der Waals surface area contributed by atoms with E-state index < -0.39 is 147 Å². The van der Waals surface area contributed by atoms with Crippen LogP contribution in [-0.4, -0.2) is 112 Å². The van der Waals surface area contributed by atoms with Crippen LogP contribution >= 0.6 is 0 Å². The number of sulfone groups is 1. The highest BCUT2D eigenvalue weighted by molar-refractivity contribution is 7.95. The molecule has 4 N–H and O–H groups in total. The maximum Gasteiger partial charge on any atom is 0.306 e. The number of esters is 3. The molecule has 0 radical (unpaired) electrons. The highest BCUT2D eigenvalue weighted by Crippen LogP contribution is 2.20. The Hall–Kier alpha value is -1.68. The largest absolute Gasteiger partial charge is 0.465 e. The van der Waals surface area contributed by atoms with Gasteiger partial charge in [-0.3, -0.25) is 19.2 Å². The number of hydrogen-bond acceptors (Lipinski definition) is 13. The summed E-state index contributed by atoms with van der Waals surface area (Å²) in [6.07, 6.45) is -2.39. The van der Waals surface area contributed by atoms with Crippen molar-refractivity contribution in [2.45, 2.75) is 25.7 Å². The van der Waals surface area contributed by atoms with Gasteiger partial charge < -0.3 is 33.0 Å². The molecule has 0 aromatic carbocycles. The minimum absolute atomic E-state index is 0.443. The summed E-state index contributed by atoms with van der Waals surface area (Å²) in [5.41, 5.74) is -1.73. The smallest absolute Gasteiger partial charge is 0.306 e. The lowest BCUT2D eigenvalue weighted by Crippen LogP contribution is -2.42. The van der Waals surface area contributed by atoms with Crippen molar-refractivity contribution in [1.29, 1.82) is 0 Å². The fourth-order valence-corrected chi connectivity index (χ4v) is 4.45. The normalized spacial score (nSPS) is 15.6. The average molecular weight is 617 g/mol. The highest BCUT2D eigenvalue weighted by Gasteiger charge is 2.36. The van der Waals surface area contributed by atoms with E-state index >= 15 is 0 Å². The van der Waals surface area contributed by atoms with Crippen LogP contribution in [0.4, 0.5) is 0 Å². The molecule has 0 aromatic heterocycles. The lowest BCUT2D eigenvalue weighted by Gasteiger charge is -2.30. The summed E-state index contributed by atoms with van der Waals surface area (Å²) in [6, 6.07) is 0. The summed E-state index contributed by atoms with van der Waals surface area (Å²) in [5, 5.41) is 8.64. The zero-order valence-electron chi connectivity index (χ0n) is 19.3. The van der Waals surface area contributed by atoms with Crippen LogP contribution in [0.5, 0.6) is 0 Å². The topological polar surface area (TPSA) is 262 Å². The molecule has 0 aliphatic rings. The Morgan fingerprint density at radius 2 is 1.05 bits per heavy atom. The van der Waals surface area contributed by atoms with Crippen molar-refractivity contribution in [1.82, 2.24) is 0 Å². The minimum Gasteiger partial charge on any atom is -0.465 e. The van der Waals surface area contributed by atoms with Crippen molar-refractivity contribution < 1.29 is 73.2 Å². The van der Waals surface area contributed by atoms with Crippen LogP contribution in [-0.2, 0) is 76.5 Å². The number of aliphatic hydroxyl groups is 1. The van der Waals surface area contributed by atoms with E-state index in [0.29, 0.717) is 0 Å². The second-order valence-electron chi connectivity index (χ2n) is 7.46. The molecule has 216 valence electrons. The van der Waals surface area contributed by atoms with Crippen LogP contribution in [0.2, 0.25) is 0 Å². The molecule has 3 atom stereocenters. The second-order valence-corrected chi connectivity index (χ2v) is 12.8. The molecule has 0 fully saturated rings. The first kappa shape index (κ1) is 35.3. The van der Waals surface area contributed by atoms with Crippen molar-refractivity contribution >= 4 is 66.1 Å². The van der Waals surface area contributed by atoms with Gasteiger partial charge in [0.05, 0.1) is 54.3 Å². The quantitative estimate of drug-likeness (QED) is 0.0679. The van der Waals surface area contributed by atoms with Crippen molar-refractivity contribution in [2.24, 2.45) is 5.41 Å². The standard InChI is InChI=1S/C17H28O16S4/c18-9-17(10-31-13(19)1-5-34(23)24,11-32-14(20)2-6-35(25)26)12-33-15(21)3-7-37(29,30)8-4-16(22)36(27)28/h18H,1-12H2,(H,23,24)(H,25,26)(H,27,28). The molecule has 0 saturated carbocycles. The fraction of sp³-hybridized carbons (Fsp3) is 0.765. The van der Waals surface area contributed by atoms with Gasteiger partial charge in [0.2, 0.25) is 16.2 Å². The maximum absolute atomic E-state index is 12.1. The molecule has 0 heterocycles. The Morgan fingerprint density at radius 3 is 1.41 bits per heavy atom. The third-order valence-corrected chi connectivity index (χ3v) is 7.70. The average Bonchev–Trinajstić information content (AvgIpc) is 2.83. The molecule has 0 aliphatic heterocycles. The molecular weight excluding hydrogens is 588 g/mol. The van der Waals surface area contributed by atoms with Gasteiger partial charge in [-0.05, 0) is 0 Å². The van der Waals surface area contributed by atoms with E-state index in [2.05, 4.69) is 0 Å². The number of aliphatic hydroxyl groups excluding tert-OH is 1. The Morgan fingerprint density at radius 1 is 0.676 bits per heavy atom. The van der Waals surface area contributed by atoms with Crippen molar-refractivity contribution in [2.75, 3.05) is 49.4 Å². The third-order valence-electron chi connectivity index (χ3n) is 4.34. The summed E-state index contributed by atoms with van der Waals surface area (Å²) in [6.45, 7) is -2.99. The SMILES string of the molecule is O=C(CCS(=O)O)OCC(CO)(COC(=O)CCS(=O)O)COC(=O)CCS(=O)(=O)CCC(=O)S(=O)O. The van der Waals surface area contributed by atoms with E-state index in [-0.39, 0.29) is 0 Å². The van der Waals surface area contributed by atoms with E-state index in [0.717, 1.165) is 0 Å². The molecule has 37 heavy (non-hydrogen) atoms. The van der Waals surface area contributed by atoms with Crippen LogP contribution < -0.4 is 0 Å². The molecule has 0 rings (SSSR count). The number of carbonyl (C=O) groups is 4. The maximum atomic E-state index is 12.1. The molecule has 0 saturated heterocycles. The zero-order chi connectivity index (χ0) is 28.6. The number of rotatable bonds is 19. The van der Waals surface area contributed by atoms with Crippen molar-refractivity contribution in [3.05, 3.63) is 0 Å². The van der Waals surface area contributed by atoms with Crippen molar-refractivity contribution in [3.8, 4) is 0 Å². The van der Waals surface area contributed by atoms with Crippen molar-refractivity contribution in [3.63, 3.8) is 0 Å². The lowest BCUT2D eigenvalue weighted by molar-refractivity contribution is -0.164. The van der Waals surface area contributed by atoms with Gasteiger partial charge in [-0.2, -0.15) is 0 Å². The van der Waals surface area contributed by atoms with Crippen LogP contribution in [0, 0.1) is 5.41 Å². The summed E-state index contributed by atoms with van der Waals surface area (Å²) < 4.78 is 96.6. The molecule has 3 unspecified atom stereocenters. The van der Waals surface area contributed by atoms with Crippen LogP contribution in [0.1, 0.15) is 25.7 Å². The first-order valence-corrected chi connectivity index (χ1v) is 15.7. The van der Waals surface area contributed by atoms with Crippen LogP contribution in [0.15, 0.2) is 0 Å². The Balaban J connectivity index is 5.13. The summed E-state index contributed by atoms with van der Waals surface area (Å²) in [4.78, 5) is 46.7. The molecular formula is C17H28O16S4. The molecule has 0 spiro atoms. The second kappa shape index (κ2) is 17.8. The van der Waals surface area contributed by atoms with Gasteiger partial charge >= 0.3 is 17.9 Å². The van der Waals surface area contributed by atoms with E-state index in [1.54, 1.807) is 0 Å². The minimum atomic E-state index is -3.98. The first-order chi connectivity index (χ1) is 17.1. The van der Waals surface area contributed by atoms with E-state index in [1.165, 1.54) is 0 Å². The Bertz CT molecular complexity index is 942. The van der Waals surface area contributed by atoms with Gasteiger partial charge in [-0.15, -0.1) is 0 Å². The Kier molecular flexibility index (Phi) is 17.0. The predicted molar refractivity (Wildman–Crippen MR) is 127 cm³/mol. The van der Waals surface area contributed by atoms with E-state index in [1.807, 2.05) is 0 Å². The van der Waals surface area contributed by atoms with Gasteiger partial charge in [0.1, 0.15) is 19.8 Å². The zero-order valence-corrected chi connectivity index (χ0v) is 22.6. The van der Waals surface area contributed by atoms with Gasteiger partial charge in [0.25, 0.3) is 0 Å². The number of carbonyl (C=O) groups excluding carboxylic acids is 4. The summed E-state index contributed by atoms with van der Waals surface area (Å²) in [7, 11) is -3.98. The molecule has 20 heteroatoms. The van der Waals surface area contributed by atoms with E-state index in [4.69, 9.17) is 27.9 Å². The monoisotopic (exact) mass is 616 g/mol. The predicted octanol–water partition coefficient (Wildman–Crippen LogP) is -2.24. The first-order valence-electron chi connectivity index (χ1n) is 10.2. The van der Waals surface area contributed by atoms with Crippen LogP contribution in [0.25, 0.3) is 0 Å². The fourth-order valence-electron chi connectivity index (χ4n) is 2.19.